The summed E-state index contributed by atoms with van der Waals surface area (Å²) in [6.45, 7) is 0.0923. The number of carbonyl (C=O) groups excluding carboxylic acids is 1. The second-order valence-electron chi connectivity index (χ2n) is 5.45. The highest BCUT2D eigenvalue weighted by Crippen LogP contribution is 2.26. The Morgan fingerprint density at radius 1 is 1.28 bits per heavy atom. The van der Waals surface area contributed by atoms with Crippen molar-refractivity contribution in [2.75, 3.05) is 30.4 Å². The third kappa shape index (κ3) is 8.18. The summed E-state index contributed by atoms with van der Waals surface area (Å²) in [5, 5.41) is 14.0. The Labute approximate surface area is 177 Å². The van der Waals surface area contributed by atoms with Crippen LogP contribution in [0.15, 0.2) is 41.0 Å². The van der Waals surface area contributed by atoms with E-state index in [0.717, 1.165) is 0 Å². The number of carbonyl (C=O) groups is 2. The van der Waals surface area contributed by atoms with Crippen molar-refractivity contribution in [3.05, 3.63) is 46.6 Å². The minimum Gasteiger partial charge on any atom is -0.480 e. The second kappa shape index (κ2) is 10.3. The van der Waals surface area contributed by atoms with Gasteiger partial charge < -0.3 is 25.2 Å². The Bertz CT molecular complexity index is 865. The fourth-order valence-electron chi connectivity index (χ4n) is 2.04. The average molecular weight is 495 g/mol. The van der Waals surface area contributed by atoms with Crippen molar-refractivity contribution in [1.29, 1.82) is 0 Å². The molecule has 1 heterocycles. The van der Waals surface area contributed by atoms with Crippen LogP contribution < -0.4 is 15.4 Å². The third-order valence-corrected chi connectivity index (χ3v) is 3.90. The number of aromatic nitrogens is 1. The van der Waals surface area contributed by atoms with Crippen LogP contribution in [0.3, 0.4) is 0 Å². The zero-order valence-electron chi connectivity index (χ0n) is 14.6. The molecule has 3 N–H and O–H groups in total. The molecule has 0 aliphatic carbocycles. The van der Waals surface area contributed by atoms with Crippen LogP contribution in [0.2, 0.25) is 0 Å². The molecular formula is C17H15BrClF2N3O5. The minimum atomic E-state index is -3.82. The molecule has 0 bridgehead atoms. The number of hydrogen-bond acceptors (Lipinski definition) is 6. The first-order chi connectivity index (χ1) is 13.6. The Morgan fingerprint density at radius 2 is 1.97 bits per heavy atom. The van der Waals surface area contributed by atoms with Gasteiger partial charge in [-0.2, -0.15) is 0 Å². The summed E-state index contributed by atoms with van der Waals surface area (Å²) in [5.74, 6) is -1.23. The number of carboxylic acids is 1. The molecule has 0 saturated carbocycles. The van der Waals surface area contributed by atoms with E-state index in [9.17, 15) is 18.4 Å². The van der Waals surface area contributed by atoms with E-state index in [1.807, 2.05) is 0 Å². The number of pyridine rings is 1. The fraction of sp³-hybridized carbons (Fsp3) is 0.235. The normalized spacial score (nSPS) is 11.0. The van der Waals surface area contributed by atoms with Gasteiger partial charge in [0.15, 0.2) is 0 Å². The van der Waals surface area contributed by atoms with Crippen LogP contribution in [-0.2, 0) is 9.53 Å². The fourth-order valence-corrected chi connectivity index (χ4v) is 2.61. The van der Waals surface area contributed by atoms with Crippen molar-refractivity contribution in [3.63, 3.8) is 0 Å². The van der Waals surface area contributed by atoms with Gasteiger partial charge in [-0.3, -0.25) is 4.79 Å². The standard InChI is InChI=1S/C17H15BrClF2N3O5/c18-13-7-10(8-23-15(13)22-5-6-28-9-14(25)26)16(27)24-11-1-3-12(4-2-11)29-17(19,20)21/h1-4,7-8H,5-6,9H2,(H,22,23)(H,24,27)(H,25,26). The predicted molar refractivity (Wildman–Crippen MR) is 105 cm³/mol. The Kier molecular flexibility index (Phi) is 8.11. The summed E-state index contributed by atoms with van der Waals surface area (Å²) in [5.41, 5.74) is -3.22. The summed E-state index contributed by atoms with van der Waals surface area (Å²) < 4.78 is 34.8. The van der Waals surface area contributed by atoms with Crippen molar-refractivity contribution in [2.45, 2.75) is 5.57 Å². The molecule has 8 nitrogen and oxygen atoms in total. The highest BCUT2D eigenvalue weighted by atomic mass is 79.9. The first-order valence-electron chi connectivity index (χ1n) is 8.00. The average Bonchev–Trinajstić information content (AvgIpc) is 2.62. The van der Waals surface area contributed by atoms with E-state index in [4.69, 9.17) is 9.84 Å². The van der Waals surface area contributed by atoms with Gasteiger partial charge in [0, 0.05) is 30.0 Å². The Morgan fingerprint density at radius 3 is 2.55 bits per heavy atom. The topological polar surface area (TPSA) is 110 Å². The highest BCUT2D eigenvalue weighted by Gasteiger charge is 2.27. The zero-order valence-corrected chi connectivity index (χ0v) is 17.0. The van der Waals surface area contributed by atoms with Crippen LogP contribution in [0.5, 0.6) is 5.75 Å². The quantitative estimate of drug-likeness (QED) is 0.341. The van der Waals surface area contributed by atoms with Crippen molar-refractivity contribution in [3.8, 4) is 5.75 Å². The van der Waals surface area contributed by atoms with E-state index >= 15 is 0 Å². The predicted octanol–water partition coefficient (Wildman–Crippen LogP) is 3.78. The molecule has 0 aliphatic heterocycles. The van der Waals surface area contributed by atoms with Crippen LogP contribution in [-0.4, -0.2) is 47.3 Å². The lowest BCUT2D eigenvalue weighted by Crippen LogP contribution is -2.16. The number of hydrogen-bond donors (Lipinski definition) is 3. The van der Waals surface area contributed by atoms with Crippen LogP contribution in [0.1, 0.15) is 10.4 Å². The van der Waals surface area contributed by atoms with Gasteiger partial charge in [-0.15, -0.1) is 8.78 Å². The van der Waals surface area contributed by atoms with Gasteiger partial charge in [0.1, 0.15) is 18.2 Å². The third-order valence-electron chi connectivity index (χ3n) is 3.21. The number of benzene rings is 1. The summed E-state index contributed by atoms with van der Waals surface area (Å²) in [7, 11) is 0. The molecule has 1 aromatic carbocycles. The number of carboxylic acid groups (broad SMARTS) is 1. The second-order valence-corrected chi connectivity index (χ2v) is 6.75. The molecule has 0 saturated heterocycles. The lowest BCUT2D eigenvalue weighted by molar-refractivity contribution is -0.142. The molecule has 0 atom stereocenters. The maximum atomic E-state index is 12.6. The van der Waals surface area contributed by atoms with Gasteiger partial charge >= 0.3 is 11.5 Å². The summed E-state index contributed by atoms with van der Waals surface area (Å²) >= 11 is 7.98. The number of amides is 1. The lowest BCUT2D eigenvalue weighted by atomic mass is 10.2. The number of halogens is 4. The van der Waals surface area contributed by atoms with E-state index in [-0.39, 0.29) is 17.9 Å². The summed E-state index contributed by atoms with van der Waals surface area (Å²) in [4.78, 5) is 26.8. The molecule has 0 spiro atoms. The molecule has 2 aromatic rings. The molecular weight excluding hydrogens is 480 g/mol. The smallest absolute Gasteiger partial charge is 0.480 e. The number of ether oxygens (including phenoxy) is 2. The maximum absolute atomic E-state index is 12.6. The van der Waals surface area contributed by atoms with Crippen LogP contribution in [0.4, 0.5) is 20.3 Å². The summed E-state index contributed by atoms with van der Waals surface area (Å²) in [6.07, 6.45) is 1.34. The molecule has 0 unspecified atom stereocenters. The molecule has 0 aliphatic rings. The van der Waals surface area contributed by atoms with Crippen LogP contribution in [0, 0.1) is 0 Å². The van der Waals surface area contributed by atoms with Gasteiger partial charge in [-0.25, -0.2) is 9.78 Å². The maximum Gasteiger partial charge on any atom is 0.487 e. The number of alkyl halides is 3. The van der Waals surface area contributed by atoms with Gasteiger partial charge in [-0.05, 0) is 46.3 Å². The number of anilines is 2. The monoisotopic (exact) mass is 493 g/mol. The van der Waals surface area contributed by atoms with Gasteiger partial charge in [0.25, 0.3) is 5.91 Å². The van der Waals surface area contributed by atoms with Crippen molar-refractivity contribution in [2.24, 2.45) is 0 Å². The number of aliphatic carboxylic acids is 1. The lowest BCUT2D eigenvalue weighted by Gasteiger charge is -2.12. The summed E-state index contributed by atoms with van der Waals surface area (Å²) in [6, 6.07) is 6.77. The first-order valence-corrected chi connectivity index (χ1v) is 9.17. The minimum absolute atomic E-state index is 0.157. The van der Waals surface area contributed by atoms with E-state index in [2.05, 4.69) is 47.9 Å². The molecule has 0 fully saturated rings. The van der Waals surface area contributed by atoms with Crippen molar-refractivity contribution >= 4 is 50.9 Å². The zero-order chi connectivity index (χ0) is 21.4. The number of nitrogens with zero attached hydrogens (tertiary/aromatic N) is 1. The van der Waals surface area contributed by atoms with Gasteiger partial charge in [0.05, 0.1) is 16.6 Å². The van der Waals surface area contributed by atoms with Crippen molar-refractivity contribution < 1.29 is 33.0 Å². The molecule has 0 radical (unpaired) electrons. The molecule has 12 heteroatoms. The Hall–Kier alpha value is -2.50. The number of nitrogens with one attached hydrogen (secondary N) is 2. The largest absolute Gasteiger partial charge is 0.487 e. The Balaban J connectivity index is 1.90. The van der Waals surface area contributed by atoms with Gasteiger partial charge in [-0.1, -0.05) is 0 Å². The first kappa shape index (κ1) is 22.8. The van der Waals surface area contributed by atoms with E-state index in [0.29, 0.717) is 22.5 Å². The molecule has 29 heavy (non-hydrogen) atoms. The number of rotatable bonds is 10. The highest BCUT2D eigenvalue weighted by molar-refractivity contribution is 9.10. The molecule has 156 valence electrons. The van der Waals surface area contributed by atoms with Crippen molar-refractivity contribution in [1.82, 2.24) is 4.98 Å². The van der Waals surface area contributed by atoms with E-state index < -0.39 is 24.1 Å². The van der Waals surface area contributed by atoms with E-state index in [1.54, 1.807) is 0 Å². The van der Waals surface area contributed by atoms with Crippen LogP contribution in [0.25, 0.3) is 0 Å². The SMILES string of the molecule is O=C(O)COCCNc1ncc(C(=O)Nc2ccc(OC(F)(F)Cl)cc2)cc1Br. The molecule has 1 amide bonds. The van der Waals surface area contributed by atoms with Gasteiger partial charge in [0.2, 0.25) is 0 Å². The van der Waals surface area contributed by atoms with E-state index in [1.165, 1.54) is 36.5 Å². The van der Waals surface area contributed by atoms with Crippen LogP contribution >= 0.6 is 27.5 Å². The molecule has 1 aromatic heterocycles. The molecule has 2 rings (SSSR count).